The molecular weight excluding hydrogens is 388 g/mol. The molecule has 0 radical (unpaired) electrons. The summed E-state index contributed by atoms with van der Waals surface area (Å²) < 4.78 is 0. The van der Waals surface area contributed by atoms with Crippen molar-refractivity contribution in [2.45, 2.75) is 26.2 Å². The molecule has 0 spiro atoms. The molecule has 2 heterocycles. The number of hydrogen-bond acceptors (Lipinski definition) is 3. The first-order chi connectivity index (χ1) is 15.1. The summed E-state index contributed by atoms with van der Waals surface area (Å²) in [4.78, 5) is 34.9. The molecule has 2 N–H and O–H groups in total. The van der Waals surface area contributed by atoms with Gasteiger partial charge in [0.25, 0.3) is 5.91 Å². The van der Waals surface area contributed by atoms with Crippen LogP contribution >= 0.6 is 0 Å². The Morgan fingerprint density at radius 3 is 2.68 bits per heavy atom. The Balaban J connectivity index is 1.62. The number of nitrogens with one attached hydrogen (secondary N) is 2. The Morgan fingerprint density at radius 1 is 1.13 bits per heavy atom. The summed E-state index contributed by atoms with van der Waals surface area (Å²) in [6, 6.07) is 18.6. The van der Waals surface area contributed by atoms with E-state index in [2.05, 4.69) is 45.6 Å². The molecule has 1 atom stereocenters. The maximum atomic E-state index is 13.3. The quantitative estimate of drug-likeness (QED) is 0.643. The van der Waals surface area contributed by atoms with Gasteiger partial charge in [0.15, 0.2) is 5.82 Å². The van der Waals surface area contributed by atoms with Crippen molar-refractivity contribution in [2.24, 2.45) is 5.41 Å². The number of imidazole rings is 1. The van der Waals surface area contributed by atoms with E-state index in [9.17, 15) is 9.59 Å². The van der Waals surface area contributed by atoms with Gasteiger partial charge in [0.1, 0.15) is 0 Å². The first-order valence-electron chi connectivity index (χ1n) is 10.8. The molecule has 31 heavy (non-hydrogen) atoms. The van der Waals surface area contributed by atoms with E-state index in [4.69, 9.17) is 0 Å². The van der Waals surface area contributed by atoms with Crippen molar-refractivity contribution in [3.8, 4) is 11.1 Å². The first-order valence-corrected chi connectivity index (χ1v) is 10.8. The minimum atomic E-state index is -0.661. The van der Waals surface area contributed by atoms with Crippen LogP contribution in [0.2, 0.25) is 0 Å². The molecule has 0 bridgehead atoms. The molecule has 4 rings (SSSR count). The molecule has 1 aliphatic heterocycles. The molecule has 6 heteroatoms. The second-order valence-corrected chi connectivity index (χ2v) is 8.15. The zero-order valence-electron chi connectivity index (χ0n) is 17.8. The lowest BCUT2D eigenvalue weighted by Gasteiger charge is -2.41. The maximum Gasteiger partial charge on any atom is 0.289 e. The first kappa shape index (κ1) is 20.8. The Bertz CT molecular complexity index is 1030. The molecule has 0 aliphatic carbocycles. The summed E-state index contributed by atoms with van der Waals surface area (Å²) >= 11 is 0. The van der Waals surface area contributed by atoms with Crippen LogP contribution in [0.5, 0.6) is 0 Å². The number of H-pyrrole nitrogens is 1. The number of benzene rings is 2. The van der Waals surface area contributed by atoms with Crippen LogP contribution in [0.15, 0.2) is 67.0 Å². The van der Waals surface area contributed by atoms with E-state index in [1.54, 1.807) is 17.3 Å². The van der Waals surface area contributed by atoms with Crippen molar-refractivity contribution < 1.29 is 9.59 Å². The molecule has 1 aliphatic rings. The van der Waals surface area contributed by atoms with Gasteiger partial charge in [-0.05, 0) is 42.9 Å². The molecule has 6 nitrogen and oxygen atoms in total. The van der Waals surface area contributed by atoms with Gasteiger partial charge in [-0.15, -0.1) is 0 Å². The van der Waals surface area contributed by atoms with Crippen molar-refractivity contribution in [3.05, 3.63) is 78.4 Å². The molecule has 160 valence electrons. The topological polar surface area (TPSA) is 78.1 Å². The minimum absolute atomic E-state index is 0.0112. The Hall–Kier alpha value is -3.41. The van der Waals surface area contributed by atoms with Crippen molar-refractivity contribution >= 4 is 11.8 Å². The third-order valence-corrected chi connectivity index (χ3v) is 5.96. The standard InChI is InChI=1S/C25H28N4O2/c1-2-26-24(31)25(12-7-15-29(18-25)23(30)22-27-13-14-28-22)17-19-8-6-11-21(16-19)20-9-4-3-5-10-20/h3-6,8-11,13-14,16H,2,7,12,15,17-18H2,1H3,(H,26,31)(H,27,28)/t25-/m1/s1. The Morgan fingerprint density at radius 2 is 1.94 bits per heavy atom. The monoisotopic (exact) mass is 416 g/mol. The smallest absolute Gasteiger partial charge is 0.289 e. The lowest BCUT2D eigenvalue weighted by Crippen LogP contribution is -2.54. The van der Waals surface area contributed by atoms with Crippen LogP contribution in [0.3, 0.4) is 0 Å². The lowest BCUT2D eigenvalue weighted by atomic mass is 9.74. The van der Waals surface area contributed by atoms with E-state index in [1.807, 2.05) is 31.2 Å². The molecule has 0 unspecified atom stereocenters. The van der Waals surface area contributed by atoms with Crippen LogP contribution in [-0.2, 0) is 11.2 Å². The van der Waals surface area contributed by atoms with E-state index in [-0.39, 0.29) is 11.8 Å². The highest BCUT2D eigenvalue weighted by Crippen LogP contribution is 2.35. The highest BCUT2D eigenvalue weighted by atomic mass is 16.2. The molecule has 2 amide bonds. The average molecular weight is 417 g/mol. The molecule has 2 aromatic carbocycles. The number of hydrogen-bond donors (Lipinski definition) is 2. The number of amides is 2. The predicted molar refractivity (Wildman–Crippen MR) is 120 cm³/mol. The fourth-order valence-electron chi connectivity index (χ4n) is 4.48. The molecule has 3 aromatic rings. The summed E-state index contributed by atoms with van der Waals surface area (Å²) in [5, 5.41) is 3.02. The van der Waals surface area contributed by atoms with E-state index < -0.39 is 5.41 Å². The number of aromatic nitrogens is 2. The van der Waals surface area contributed by atoms with Gasteiger partial charge >= 0.3 is 0 Å². The van der Waals surface area contributed by atoms with Gasteiger partial charge in [0.2, 0.25) is 5.91 Å². The number of aromatic amines is 1. The SMILES string of the molecule is CCNC(=O)[C@@]1(Cc2cccc(-c3ccccc3)c2)CCCN(C(=O)c2ncc[nH]2)C1. The third-order valence-electron chi connectivity index (χ3n) is 5.96. The van der Waals surface area contributed by atoms with Crippen molar-refractivity contribution in [1.82, 2.24) is 20.2 Å². The second kappa shape index (κ2) is 9.16. The van der Waals surface area contributed by atoms with E-state index in [1.165, 1.54) is 0 Å². The summed E-state index contributed by atoms with van der Waals surface area (Å²) in [5.41, 5.74) is 2.71. The minimum Gasteiger partial charge on any atom is -0.356 e. The largest absolute Gasteiger partial charge is 0.356 e. The fourth-order valence-corrected chi connectivity index (χ4v) is 4.48. The van der Waals surface area contributed by atoms with Crippen LogP contribution in [-0.4, -0.2) is 46.3 Å². The van der Waals surface area contributed by atoms with E-state index >= 15 is 0 Å². The van der Waals surface area contributed by atoms with Crippen LogP contribution in [0.1, 0.15) is 35.9 Å². The van der Waals surface area contributed by atoms with Gasteiger partial charge in [-0.2, -0.15) is 0 Å². The van der Waals surface area contributed by atoms with Gasteiger partial charge in [0.05, 0.1) is 5.41 Å². The summed E-state index contributed by atoms with van der Waals surface area (Å²) in [6.45, 7) is 3.51. The number of piperidine rings is 1. The number of carbonyl (C=O) groups excluding carboxylic acids is 2. The van der Waals surface area contributed by atoms with E-state index in [0.717, 1.165) is 29.5 Å². The highest BCUT2D eigenvalue weighted by Gasteiger charge is 2.43. The number of nitrogens with zero attached hydrogens (tertiary/aromatic N) is 2. The third kappa shape index (κ3) is 4.53. The summed E-state index contributed by atoms with van der Waals surface area (Å²) in [6.07, 6.45) is 5.33. The van der Waals surface area contributed by atoms with Gasteiger partial charge in [-0.25, -0.2) is 4.98 Å². The van der Waals surface area contributed by atoms with E-state index in [0.29, 0.717) is 31.9 Å². The predicted octanol–water partition coefficient (Wildman–Crippen LogP) is 3.68. The molecule has 1 saturated heterocycles. The van der Waals surface area contributed by atoms with Crippen LogP contribution in [0.25, 0.3) is 11.1 Å². The zero-order chi connectivity index (χ0) is 21.7. The summed E-state index contributed by atoms with van der Waals surface area (Å²) in [7, 11) is 0. The fraction of sp³-hybridized carbons (Fsp3) is 0.320. The average Bonchev–Trinajstić information content (AvgIpc) is 3.35. The van der Waals surface area contributed by atoms with Gasteiger partial charge in [-0.1, -0.05) is 54.6 Å². The molecule has 0 saturated carbocycles. The maximum absolute atomic E-state index is 13.3. The molecule has 1 fully saturated rings. The van der Waals surface area contributed by atoms with Gasteiger partial charge in [-0.3, -0.25) is 9.59 Å². The normalized spacial score (nSPS) is 18.5. The number of likely N-dealkylation sites (tertiary alicyclic amines) is 1. The van der Waals surface area contributed by atoms with Crippen molar-refractivity contribution in [1.29, 1.82) is 0 Å². The van der Waals surface area contributed by atoms with Crippen molar-refractivity contribution in [2.75, 3.05) is 19.6 Å². The number of carbonyl (C=O) groups is 2. The summed E-state index contributed by atoms with van der Waals surface area (Å²) in [5.74, 6) is 0.172. The van der Waals surface area contributed by atoms with Gasteiger partial charge in [0, 0.05) is 32.0 Å². The number of rotatable bonds is 6. The van der Waals surface area contributed by atoms with Crippen LogP contribution in [0, 0.1) is 5.41 Å². The van der Waals surface area contributed by atoms with Crippen molar-refractivity contribution in [3.63, 3.8) is 0 Å². The molecule has 1 aromatic heterocycles. The lowest BCUT2D eigenvalue weighted by molar-refractivity contribution is -0.133. The zero-order valence-corrected chi connectivity index (χ0v) is 17.8. The Kier molecular flexibility index (Phi) is 6.16. The molecular formula is C25H28N4O2. The second-order valence-electron chi connectivity index (χ2n) is 8.15. The van der Waals surface area contributed by atoms with Crippen LogP contribution < -0.4 is 5.32 Å². The van der Waals surface area contributed by atoms with Gasteiger partial charge < -0.3 is 15.2 Å². The van der Waals surface area contributed by atoms with Crippen LogP contribution in [0.4, 0.5) is 0 Å². The Labute approximate surface area is 182 Å². The highest BCUT2D eigenvalue weighted by molar-refractivity contribution is 5.92.